The first-order chi connectivity index (χ1) is 16.3. The van der Waals surface area contributed by atoms with Gasteiger partial charge in [0.1, 0.15) is 6.33 Å². The number of pyridine rings is 1. The number of ether oxygens (including phenoxy) is 1. The Labute approximate surface area is 195 Å². The molecule has 3 rings (SSSR count). The third kappa shape index (κ3) is 11.0. The van der Waals surface area contributed by atoms with Crippen LogP contribution < -0.4 is 4.74 Å². The van der Waals surface area contributed by atoms with E-state index >= 15 is 0 Å². The van der Waals surface area contributed by atoms with Gasteiger partial charge in [0, 0.05) is 44.0 Å². The summed E-state index contributed by atoms with van der Waals surface area (Å²) in [5.74, 6) is -4.76. The van der Waals surface area contributed by atoms with Gasteiger partial charge in [-0.2, -0.15) is 26.3 Å². The number of aliphatic carboxylic acids is 2. The molecule has 194 valence electrons. The summed E-state index contributed by atoms with van der Waals surface area (Å²) >= 11 is 0. The van der Waals surface area contributed by atoms with Crippen molar-refractivity contribution in [2.45, 2.75) is 38.7 Å². The second-order valence-electron chi connectivity index (χ2n) is 6.78. The molecule has 0 spiro atoms. The van der Waals surface area contributed by atoms with Crippen molar-refractivity contribution in [3.63, 3.8) is 0 Å². The Balaban J connectivity index is 0.000000362. The number of carboxylic acid groups (broad SMARTS) is 2. The molecular formula is C20H22F6N4O5. The second kappa shape index (κ2) is 13.4. The molecule has 0 unspecified atom stereocenters. The number of fused-ring (bicyclic) bond motifs is 1. The number of nitrogens with zero attached hydrogens (tertiary/aromatic N) is 4. The number of hydrogen-bond donors (Lipinski definition) is 2. The quantitative estimate of drug-likeness (QED) is 0.595. The van der Waals surface area contributed by atoms with Gasteiger partial charge in [-0.1, -0.05) is 6.07 Å². The topological polar surface area (TPSA) is 126 Å². The van der Waals surface area contributed by atoms with Crippen molar-refractivity contribution in [2.75, 3.05) is 19.7 Å². The maximum atomic E-state index is 10.6. The van der Waals surface area contributed by atoms with Crippen molar-refractivity contribution in [3.8, 4) is 5.88 Å². The lowest BCUT2D eigenvalue weighted by Gasteiger charge is -2.19. The monoisotopic (exact) mass is 512 g/mol. The summed E-state index contributed by atoms with van der Waals surface area (Å²) in [6.45, 7) is 5.56. The van der Waals surface area contributed by atoms with Crippen LogP contribution in [0.2, 0.25) is 0 Å². The Hall–Kier alpha value is -3.49. The predicted octanol–water partition coefficient (Wildman–Crippen LogP) is 3.14. The standard InChI is InChI=1S/C16H20N4O.2C2HF3O2/c1-2-21-16-14-5-8-20(9-6-15(14)18-12-19-16)11-13-4-3-7-17-10-13;2*3-2(4,5)1(6)7/h3-4,7,10,12H,2,5-6,8-9,11H2,1H3;2*(H,6,7). The molecule has 9 nitrogen and oxygen atoms in total. The van der Waals surface area contributed by atoms with Crippen LogP contribution in [0.5, 0.6) is 5.88 Å². The zero-order valence-electron chi connectivity index (χ0n) is 18.3. The molecule has 0 atom stereocenters. The Morgan fingerprint density at radius 2 is 1.60 bits per heavy atom. The van der Waals surface area contributed by atoms with E-state index in [-0.39, 0.29) is 0 Å². The minimum Gasteiger partial charge on any atom is -0.478 e. The van der Waals surface area contributed by atoms with E-state index in [9.17, 15) is 26.3 Å². The molecule has 0 saturated carbocycles. The van der Waals surface area contributed by atoms with Gasteiger partial charge in [-0.05, 0) is 25.0 Å². The van der Waals surface area contributed by atoms with Gasteiger partial charge in [-0.25, -0.2) is 19.6 Å². The first-order valence-electron chi connectivity index (χ1n) is 9.92. The summed E-state index contributed by atoms with van der Waals surface area (Å²) in [5.41, 5.74) is 3.55. The van der Waals surface area contributed by atoms with Gasteiger partial charge in [-0.15, -0.1) is 0 Å². The molecule has 0 aliphatic carbocycles. The van der Waals surface area contributed by atoms with Crippen LogP contribution >= 0.6 is 0 Å². The largest absolute Gasteiger partial charge is 0.490 e. The second-order valence-corrected chi connectivity index (χ2v) is 6.78. The van der Waals surface area contributed by atoms with Crippen molar-refractivity contribution in [2.24, 2.45) is 0 Å². The fraction of sp³-hybridized carbons (Fsp3) is 0.450. The third-order valence-electron chi connectivity index (χ3n) is 4.23. The van der Waals surface area contributed by atoms with Crippen LogP contribution in [0.1, 0.15) is 23.7 Å². The number of aromatic nitrogens is 3. The Morgan fingerprint density at radius 1 is 1.03 bits per heavy atom. The molecule has 0 aromatic carbocycles. The van der Waals surface area contributed by atoms with Gasteiger partial charge >= 0.3 is 24.3 Å². The van der Waals surface area contributed by atoms with Crippen LogP contribution in [0.25, 0.3) is 0 Å². The number of alkyl halides is 6. The Morgan fingerprint density at radius 3 is 2.09 bits per heavy atom. The van der Waals surface area contributed by atoms with Crippen LogP contribution in [-0.4, -0.2) is 74.1 Å². The average molecular weight is 512 g/mol. The van der Waals surface area contributed by atoms with Crippen LogP contribution in [0.15, 0.2) is 30.9 Å². The smallest absolute Gasteiger partial charge is 0.478 e. The molecule has 0 radical (unpaired) electrons. The third-order valence-corrected chi connectivity index (χ3v) is 4.23. The molecule has 0 fully saturated rings. The average Bonchev–Trinajstić information content (AvgIpc) is 2.97. The molecule has 2 aromatic heterocycles. The van der Waals surface area contributed by atoms with Gasteiger partial charge in [0.25, 0.3) is 0 Å². The molecule has 35 heavy (non-hydrogen) atoms. The molecule has 1 aliphatic heterocycles. The van der Waals surface area contributed by atoms with Gasteiger partial charge in [-0.3, -0.25) is 9.88 Å². The van der Waals surface area contributed by atoms with Crippen molar-refractivity contribution in [3.05, 3.63) is 47.7 Å². The van der Waals surface area contributed by atoms with Crippen molar-refractivity contribution in [1.29, 1.82) is 0 Å². The fourth-order valence-corrected chi connectivity index (χ4v) is 2.71. The van der Waals surface area contributed by atoms with E-state index in [1.165, 1.54) is 11.1 Å². The summed E-state index contributed by atoms with van der Waals surface area (Å²) in [6.07, 6.45) is -2.93. The van der Waals surface area contributed by atoms with E-state index in [1.807, 2.05) is 25.4 Å². The lowest BCUT2D eigenvalue weighted by molar-refractivity contribution is -0.193. The molecule has 15 heteroatoms. The lowest BCUT2D eigenvalue weighted by Crippen LogP contribution is -2.26. The molecule has 0 amide bonds. The van der Waals surface area contributed by atoms with E-state index in [4.69, 9.17) is 24.5 Å². The van der Waals surface area contributed by atoms with Crippen molar-refractivity contribution < 1.29 is 50.9 Å². The van der Waals surface area contributed by atoms with Crippen LogP contribution in [0.4, 0.5) is 26.3 Å². The van der Waals surface area contributed by atoms with Gasteiger partial charge < -0.3 is 14.9 Å². The minimum atomic E-state index is -5.08. The Bertz CT molecular complexity index is 933. The summed E-state index contributed by atoms with van der Waals surface area (Å²) in [7, 11) is 0. The molecule has 0 saturated heterocycles. The molecule has 3 heterocycles. The van der Waals surface area contributed by atoms with Gasteiger partial charge in [0.05, 0.1) is 12.3 Å². The van der Waals surface area contributed by atoms with Crippen molar-refractivity contribution >= 4 is 11.9 Å². The van der Waals surface area contributed by atoms with Crippen LogP contribution in [0, 0.1) is 0 Å². The number of carboxylic acids is 2. The van der Waals surface area contributed by atoms with E-state index in [0.717, 1.165) is 44.0 Å². The van der Waals surface area contributed by atoms with Crippen LogP contribution in [0.3, 0.4) is 0 Å². The van der Waals surface area contributed by atoms with E-state index < -0.39 is 24.3 Å². The highest BCUT2D eigenvalue weighted by molar-refractivity contribution is 5.73. The van der Waals surface area contributed by atoms with E-state index in [2.05, 4.69) is 25.9 Å². The first kappa shape index (κ1) is 29.5. The summed E-state index contributed by atoms with van der Waals surface area (Å²) in [5, 5.41) is 14.2. The van der Waals surface area contributed by atoms with Gasteiger partial charge in [0.2, 0.25) is 5.88 Å². The summed E-state index contributed by atoms with van der Waals surface area (Å²) in [6, 6.07) is 4.11. The predicted molar refractivity (Wildman–Crippen MR) is 108 cm³/mol. The molecule has 1 aliphatic rings. The minimum absolute atomic E-state index is 0.642. The normalized spacial score (nSPS) is 13.7. The SMILES string of the molecule is CCOc1ncnc2c1CCN(Cc1cccnc1)CC2.O=C(O)C(F)(F)F.O=C(O)C(F)(F)F. The van der Waals surface area contributed by atoms with Crippen LogP contribution in [-0.2, 0) is 29.0 Å². The maximum absolute atomic E-state index is 10.6. The van der Waals surface area contributed by atoms with Crippen molar-refractivity contribution in [1.82, 2.24) is 19.9 Å². The molecule has 2 aromatic rings. The molecule has 0 bridgehead atoms. The number of hydrogen-bond acceptors (Lipinski definition) is 7. The zero-order chi connectivity index (χ0) is 26.6. The van der Waals surface area contributed by atoms with E-state index in [0.29, 0.717) is 6.61 Å². The maximum Gasteiger partial charge on any atom is 0.490 e. The first-order valence-corrected chi connectivity index (χ1v) is 9.92. The summed E-state index contributed by atoms with van der Waals surface area (Å²) in [4.78, 5) is 33.1. The highest BCUT2D eigenvalue weighted by Gasteiger charge is 2.38. The van der Waals surface area contributed by atoms with E-state index in [1.54, 1.807) is 6.33 Å². The molecular weight excluding hydrogens is 490 g/mol. The highest BCUT2D eigenvalue weighted by Crippen LogP contribution is 2.22. The highest BCUT2D eigenvalue weighted by atomic mass is 19.4. The Kier molecular flexibility index (Phi) is 11.3. The van der Waals surface area contributed by atoms with Gasteiger partial charge in [0.15, 0.2) is 0 Å². The molecule has 2 N–H and O–H groups in total. The summed E-state index contributed by atoms with van der Waals surface area (Å²) < 4.78 is 69.1. The lowest BCUT2D eigenvalue weighted by atomic mass is 10.1. The zero-order valence-corrected chi connectivity index (χ0v) is 18.3. The number of halogens is 6. The fourth-order valence-electron chi connectivity index (χ4n) is 2.71. The number of rotatable bonds is 4. The number of carbonyl (C=O) groups is 2.